The number of ether oxygens (including phenoxy) is 2. The number of aromatic nitrogens is 1. The second-order valence-electron chi connectivity index (χ2n) is 8.42. The summed E-state index contributed by atoms with van der Waals surface area (Å²) >= 11 is 0. The molecule has 9 heteroatoms. The smallest absolute Gasteiger partial charge is 0.411 e. The fourth-order valence-corrected chi connectivity index (χ4v) is 5.71. The maximum Gasteiger partial charge on any atom is 0.411 e. The van der Waals surface area contributed by atoms with Crippen LogP contribution >= 0.6 is 0 Å². The van der Waals surface area contributed by atoms with Crippen LogP contribution in [0.3, 0.4) is 0 Å². The van der Waals surface area contributed by atoms with Crippen LogP contribution < -0.4 is 10.1 Å². The molecule has 2 aromatic carbocycles. The molecule has 1 N–H and O–H groups in total. The molecule has 1 amide bonds. The predicted octanol–water partition coefficient (Wildman–Crippen LogP) is 5.39. The summed E-state index contributed by atoms with van der Waals surface area (Å²) in [6.07, 6.45) is 0.835. The third-order valence-electron chi connectivity index (χ3n) is 5.32. The molecule has 0 atom stereocenters. The maximum absolute atomic E-state index is 15.6. The molecule has 0 radical (unpaired) electrons. The SMILES string of the molecule is CCOc1ccc2c(F)c(-c3ccc(NC(=O)OC(C)C)cc3)n(S(=O)(=O)CC3CC3)c2c1. The summed E-state index contributed by atoms with van der Waals surface area (Å²) in [5, 5.41) is 2.80. The Morgan fingerprint density at radius 3 is 2.48 bits per heavy atom. The molecule has 33 heavy (non-hydrogen) atoms. The zero-order valence-electron chi connectivity index (χ0n) is 18.8. The summed E-state index contributed by atoms with van der Waals surface area (Å²) in [5.74, 6) is -0.0903. The molecule has 176 valence electrons. The number of carbonyl (C=O) groups is 1. The van der Waals surface area contributed by atoms with Gasteiger partial charge in [0.2, 0.25) is 10.0 Å². The molecule has 1 aliphatic carbocycles. The van der Waals surface area contributed by atoms with E-state index in [0.29, 0.717) is 23.6 Å². The van der Waals surface area contributed by atoms with E-state index in [4.69, 9.17) is 9.47 Å². The van der Waals surface area contributed by atoms with Crippen LogP contribution in [0, 0.1) is 11.7 Å². The van der Waals surface area contributed by atoms with Gasteiger partial charge in [-0.25, -0.2) is 21.6 Å². The van der Waals surface area contributed by atoms with E-state index in [1.54, 1.807) is 56.3 Å². The van der Waals surface area contributed by atoms with Gasteiger partial charge in [0.1, 0.15) is 11.4 Å². The lowest BCUT2D eigenvalue weighted by molar-refractivity contribution is 0.130. The van der Waals surface area contributed by atoms with Crippen molar-refractivity contribution < 1.29 is 27.1 Å². The van der Waals surface area contributed by atoms with Crippen molar-refractivity contribution in [1.29, 1.82) is 0 Å². The van der Waals surface area contributed by atoms with E-state index in [9.17, 15) is 13.2 Å². The third kappa shape index (κ3) is 4.98. The summed E-state index contributed by atoms with van der Waals surface area (Å²) in [6, 6.07) is 11.1. The number of rotatable bonds is 8. The number of fused-ring (bicyclic) bond motifs is 1. The Kier molecular flexibility index (Phi) is 6.34. The largest absolute Gasteiger partial charge is 0.494 e. The average Bonchev–Trinajstić information content (AvgIpc) is 3.49. The minimum absolute atomic E-state index is 0.0318. The second-order valence-corrected chi connectivity index (χ2v) is 10.3. The van der Waals surface area contributed by atoms with E-state index in [2.05, 4.69) is 5.32 Å². The van der Waals surface area contributed by atoms with Gasteiger partial charge in [-0.2, -0.15) is 0 Å². The van der Waals surface area contributed by atoms with Crippen molar-refractivity contribution >= 4 is 32.7 Å². The first-order valence-electron chi connectivity index (χ1n) is 11.0. The van der Waals surface area contributed by atoms with Gasteiger partial charge in [0.05, 0.1) is 24.0 Å². The van der Waals surface area contributed by atoms with Gasteiger partial charge in [0.15, 0.2) is 5.82 Å². The first-order chi connectivity index (χ1) is 15.7. The van der Waals surface area contributed by atoms with Crippen molar-refractivity contribution in [2.75, 3.05) is 17.7 Å². The number of hydrogen-bond acceptors (Lipinski definition) is 5. The van der Waals surface area contributed by atoms with Gasteiger partial charge in [-0.15, -0.1) is 0 Å². The van der Waals surface area contributed by atoms with Crippen molar-refractivity contribution in [2.24, 2.45) is 5.92 Å². The molecule has 1 heterocycles. The Bertz CT molecular complexity index is 1280. The van der Waals surface area contributed by atoms with Gasteiger partial charge in [0.25, 0.3) is 0 Å². The van der Waals surface area contributed by atoms with Crippen molar-refractivity contribution in [3.8, 4) is 17.0 Å². The van der Waals surface area contributed by atoms with Crippen molar-refractivity contribution in [3.05, 3.63) is 48.3 Å². The van der Waals surface area contributed by atoms with Gasteiger partial charge < -0.3 is 9.47 Å². The molecular weight excluding hydrogens is 447 g/mol. The summed E-state index contributed by atoms with van der Waals surface area (Å²) in [5.41, 5.74) is 1.04. The molecular formula is C24H27FN2O5S. The number of halogens is 1. The average molecular weight is 475 g/mol. The van der Waals surface area contributed by atoms with E-state index in [0.717, 1.165) is 16.8 Å². The molecule has 0 spiro atoms. The lowest BCUT2D eigenvalue weighted by Gasteiger charge is -2.13. The van der Waals surface area contributed by atoms with Gasteiger partial charge in [-0.1, -0.05) is 12.1 Å². The molecule has 0 saturated heterocycles. The van der Waals surface area contributed by atoms with Crippen LogP contribution in [0.5, 0.6) is 5.75 Å². The van der Waals surface area contributed by atoms with Crippen LogP contribution in [0.2, 0.25) is 0 Å². The van der Waals surface area contributed by atoms with E-state index < -0.39 is 21.9 Å². The molecule has 3 aromatic rings. The molecule has 1 saturated carbocycles. The lowest BCUT2D eigenvalue weighted by atomic mass is 10.1. The minimum atomic E-state index is -3.82. The minimum Gasteiger partial charge on any atom is -0.494 e. The van der Waals surface area contributed by atoms with Crippen molar-refractivity contribution in [2.45, 2.75) is 39.7 Å². The molecule has 0 unspecified atom stereocenters. The van der Waals surface area contributed by atoms with Crippen LogP contribution in [0.4, 0.5) is 14.9 Å². The standard InChI is InChI=1S/C24H27FN2O5S/c1-4-31-19-11-12-20-21(13-19)27(33(29,30)14-16-5-6-16)23(22(20)25)17-7-9-18(10-8-17)26-24(28)32-15(2)3/h7-13,15-16H,4-6,14H2,1-3H3,(H,26,28). The summed E-state index contributed by atoms with van der Waals surface area (Å²) in [6.45, 7) is 5.71. The first-order valence-corrected chi connectivity index (χ1v) is 12.6. The summed E-state index contributed by atoms with van der Waals surface area (Å²) in [4.78, 5) is 11.8. The number of hydrogen-bond donors (Lipinski definition) is 1. The zero-order chi connectivity index (χ0) is 23.8. The molecule has 0 bridgehead atoms. The van der Waals surface area contributed by atoms with E-state index in [1.165, 1.54) is 0 Å². The second kappa shape index (κ2) is 9.05. The maximum atomic E-state index is 15.6. The fraction of sp³-hybridized carbons (Fsp3) is 0.375. The van der Waals surface area contributed by atoms with E-state index >= 15 is 4.39 Å². The number of nitrogens with zero attached hydrogens (tertiary/aromatic N) is 1. The molecule has 1 aliphatic rings. The van der Waals surface area contributed by atoms with Crippen molar-refractivity contribution in [1.82, 2.24) is 3.97 Å². The number of anilines is 1. The molecule has 1 aromatic heterocycles. The highest BCUT2D eigenvalue weighted by Gasteiger charge is 2.33. The monoisotopic (exact) mass is 474 g/mol. The van der Waals surface area contributed by atoms with Crippen LogP contribution in [0.15, 0.2) is 42.5 Å². The normalized spacial score (nSPS) is 14.0. The van der Waals surface area contributed by atoms with Gasteiger partial charge >= 0.3 is 6.09 Å². The quantitative estimate of drug-likeness (QED) is 0.473. The highest BCUT2D eigenvalue weighted by atomic mass is 32.2. The Hall–Kier alpha value is -3.07. The number of amides is 1. The topological polar surface area (TPSA) is 86.6 Å². The van der Waals surface area contributed by atoms with Crippen LogP contribution in [-0.2, 0) is 14.8 Å². The number of nitrogens with one attached hydrogen (secondary N) is 1. The van der Waals surface area contributed by atoms with Gasteiger partial charge in [0, 0.05) is 22.7 Å². The van der Waals surface area contributed by atoms with Gasteiger partial charge in [-0.05, 0) is 63.8 Å². The Balaban J connectivity index is 1.80. The summed E-state index contributed by atoms with van der Waals surface area (Å²) in [7, 11) is -3.82. The van der Waals surface area contributed by atoms with Crippen LogP contribution in [0.25, 0.3) is 22.2 Å². The molecule has 7 nitrogen and oxygen atoms in total. The highest BCUT2D eigenvalue weighted by Crippen LogP contribution is 2.38. The molecule has 1 fully saturated rings. The van der Waals surface area contributed by atoms with E-state index in [1.807, 2.05) is 6.92 Å². The molecule has 4 rings (SSSR count). The molecule has 0 aliphatic heterocycles. The number of benzene rings is 2. The first kappa shape index (κ1) is 23.1. The lowest BCUT2D eigenvalue weighted by Crippen LogP contribution is -2.19. The van der Waals surface area contributed by atoms with Crippen LogP contribution in [0.1, 0.15) is 33.6 Å². The number of carbonyl (C=O) groups excluding carboxylic acids is 1. The third-order valence-corrected chi connectivity index (χ3v) is 7.14. The zero-order valence-corrected chi connectivity index (χ0v) is 19.6. The van der Waals surface area contributed by atoms with Gasteiger partial charge in [-0.3, -0.25) is 5.32 Å². The summed E-state index contributed by atoms with van der Waals surface area (Å²) < 4.78 is 54.0. The Labute approximate surface area is 192 Å². The van der Waals surface area contributed by atoms with Crippen molar-refractivity contribution in [3.63, 3.8) is 0 Å². The van der Waals surface area contributed by atoms with E-state index in [-0.39, 0.29) is 34.4 Å². The highest BCUT2D eigenvalue weighted by molar-refractivity contribution is 7.90. The Morgan fingerprint density at radius 1 is 1.18 bits per heavy atom. The Morgan fingerprint density at radius 2 is 1.88 bits per heavy atom. The fourth-order valence-electron chi connectivity index (χ4n) is 3.72. The van der Waals surface area contributed by atoms with Crippen LogP contribution in [-0.4, -0.2) is 36.9 Å². The predicted molar refractivity (Wildman–Crippen MR) is 126 cm³/mol.